The van der Waals surface area contributed by atoms with Crippen LogP contribution in [0.5, 0.6) is 69.0 Å². The lowest BCUT2D eigenvalue weighted by atomic mass is 10.0. The van der Waals surface area contributed by atoms with E-state index < -0.39 is 0 Å². The van der Waals surface area contributed by atoms with Gasteiger partial charge in [0.15, 0.2) is 46.0 Å². The van der Waals surface area contributed by atoms with Gasteiger partial charge in [-0.2, -0.15) is 0 Å². The molecule has 0 radical (unpaired) electrons. The van der Waals surface area contributed by atoms with E-state index in [0.717, 1.165) is 65.9 Å². The molecule has 0 spiro atoms. The van der Waals surface area contributed by atoms with E-state index in [1.807, 2.05) is 48.5 Å². The molecule has 0 saturated heterocycles. The minimum absolute atomic E-state index is 0.383. The van der Waals surface area contributed by atoms with Crippen molar-refractivity contribution in [1.29, 1.82) is 0 Å². The van der Waals surface area contributed by atoms with Crippen LogP contribution in [-0.4, -0.2) is 128 Å². The highest BCUT2D eigenvalue weighted by Crippen LogP contribution is 2.48. The molecule has 4 aromatic carbocycles. The number of aromatic nitrogens is 4. The average molecular weight is 985 g/mol. The quantitative estimate of drug-likeness (QED) is 0.0596. The third-order valence-electron chi connectivity index (χ3n) is 12.8. The van der Waals surface area contributed by atoms with Crippen molar-refractivity contribution in [1.82, 2.24) is 29.7 Å². The molecule has 0 atom stereocenters. The molecule has 0 aliphatic carbocycles. The average Bonchev–Trinajstić information content (AvgIpc) is 3.42. The van der Waals surface area contributed by atoms with Gasteiger partial charge in [-0.25, -0.2) is 0 Å². The molecule has 18 nitrogen and oxygen atoms in total. The van der Waals surface area contributed by atoms with Gasteiger partial charge in [0.05, 0.1) is 108 Å². The SMILES string of the molecule is COc1cc2c(CN(CCN(Cc3nccc4c(OC)c(OC)c(OC)cc34)Cc3nccc4c(OC)c(OC)c(OC)cc34)Cc3nccc4c(OC)c(OC)c(OC)cc34)nccc2c(OC)c1OC. The molecule has 378 valence electrons. The summed E-state index contributed by atoms with van der Waals surface area (Å²) in [5.74, 6) is 6.17. The molecule has 0 N–H and O–H groups in total. The fourth-order valence-corrected chi connectivity index (χ4v) is 9.48. The number of benzene rings is 4. The van der Waals surface area contributed by atoms with Crippen molar-refractivity contribution < 1.29 is 56.8 Å². The van der Waals surface area contributed by atoms with Crippen molar-refractivity contribution in [3.8, 4) is 69.0 Å². The molecular formula is C54H60N6O12. The number of rotatable bonds is 23. The minimum Gasteiger partial charge on any atom is -0.493 e. The van der Waals surface area contributed by atoms with Crippen molar-refractivity contribution >= 4 is 43.1 Å². The lowest BCUT2D eigenvalue weighted by Gasteiger charge is -2.29. The van der Waals surface area contributed by atoms with E-state index in [9.17, 15) is 0 Å². The van der Waals surface area contributed by atoms with Gasteiger partial charge in [0.1, 0.15) is 0 Å². The van der Waals surface area contributed by atoms with Gasteiger partial charge in [0.25, 0.3) is 0 Å². The Morgan fingerprint density at radius 3 is 0.667 bits per heavy atom. The Hall–Kier alpha value is -7.96. The first-order chi connectivity index (χ1) is 35.2. The van der Waals surface area contributed by atoms with Crippen molar-refractivity contribution in [2.75, 3.05) is 98.4 Å². The first-order valence-corrected chi connectivity index (χ1v) is 22.9. The molecule has 8 aromatic rings. The van der Waals surface area contributed by atoms with Gasteiger partial charge in [0.2, 0.25) is 23.0 Å². The van der Waals surface area contributed by atoms with Gasteiger partial charge in [0, 0.05) is 107 Å². The standard InChI is InChI=1S/C54H60N6O12/c1-61-43-23-35-31(47(65-5)51(43)69-9)13-17-55-39(35)27-59(28-40-36-24-44(62-2)52(70-10)48(66-6)32(36)14-18-56-40)21-22-60(29-41-37-25-45(63-3)53(71-11)49(67-7)33(37)15-19-57-41)30-42-38-26-46(64-4)54(72-12)50(68-8)34(38)16-20-58-42/h13-20,23-26H,21-22,27-30H2,1-12H3. The summed E-state index contributed by atoms with van der Waals surface area (Å²) >= 11 is 0. The van der Waals surface area contributed by atoms with Crippen LogP contribution in [0.25, 0.3) is 43.1 Å². The number of fused-ring (bicyclic) bond motifs is 4. The minimum atomic E-state index is 0.383. The summed E-state index contributed by atoms with van der Waals surface area (Å²) in [6.07, 6.45) is 7.12. The fraction of sp³-hybridized carbons (Fsp3) is 0.333. The van der Waals surface area contributed by atoms with Crippen molar-refractivity contribution in [3.05, 3.63) is 96.1 Å². The lowest BCUT2D eigenvalue weighted by molar-refractivity contribution is 0.179. The Kier molecular flexibility index (Phi) is 15.7. The van der Waals surface area contributed by atoms with E-state index in [0.29, 0.717) is 108 Å². The van der Waals surface area contributed by atoms with Crippen LogP contribution >= 0.6 is 0 Å². The molecule has 8 rings (SSSR count). The molecule has 0 aliphatic rings. The predicted molar refractivity (Wildman–Crippen MR) is 274 cm³/mol. The fourth-order valence-electron chi connectivity index (χ4n) is 9.48. The second-order valence-electron chi connectivity index (χ2n) is 16.4. The van der Waals surface area contributed by atoms with Crippen molar-refractivity contribution in [2.45, 2.75) is 26.2 Å². The number of pyridine rings is 4. The molecule has 0 saturated carbocycles. The highest BCUT2D eigenvalue weighted by Gasteiger charge is 2.26. The maximum absolute atomic E-state index is 5.94. The van der Waals surface area contributed by atoms with Gasteiger partial charge in [-0.05, 0) is 48.5 Å². The van der Waals surface area contributed by atoms with Gasteiger partial charge >= 0.3 is 0 Å². The van der Waals surface area contributed by atoms with E-state index in [1.165, 1.54) is 0 Å². The van der Waals surface area contributed by atoms with Crippen LogP contribution in [0.3, 0.4) is 0 Å². The molecule has 0 unspecified atom stereocenters. The molecule has 0 amide bonds. The van der Waals surface area contributed by atoms with Crippen molar-refractivity contribution in [2.24, 2.45) is 0 Å². The monoisotopic (exact) mass is 984 g/mol. The van der Waals surface area contributed by atoms with E-state index in [1.54, 1.807) is 110 Å². The number of hydrogen-bond acceptors (Lipinski definition) is 18. The Morgan fingerprint density at radius 1 is 0.278 bits per heavy atom. The van der Waals surface area contributed by atoms with Crippen molar-refractivity contribution in [3.63, 3.8) is 0 Å². The van der Waals surface area contributed by atoms with Crippen LogP contribution in [-0.2, 0) is 26.2 Å². The van der Waals surface area contributed by atoms with Crippen LogP contribution < -0.4 is 56.8 Å². The largest absolute Gasteiger partial charge is 0.493 e. The van der Waals surface area contributed by atoms with E-state index in [2.05, 4.69) is 9.80 Å². The van der Waals surface area contributed by atoms with E-state index in [4.69, 9.17) is 76.8 Å². The van der Waals surface area contributed by atoms with Crippen LogP contribution in [0.4, 0.5) is 0 Å². The third-order valence-corrected chi connectivity index (χ3v) is 12.8. The lowest BCUT2D eigenvalue weighted by Crippen LogP contribution is -2.35. The Morgan fingerprint density at radius 2 is 0.486 bits per heavy atom. The zero-order valence-corrected chi connectivity index (χ0v) is 42.8. The van der Waals surface area contributed by atoms with Gasteiger partial charge < -0.3 is 56.8 Å². The third kappa shape index (κ3) is 9.37. The topological polar surface area (TPSA) is 169 Å². The summed E-state index contributed by atoms with van der Waals surface area (Å²) in [5, 5.41) is 6.63. The van der Waals surface area contributed by atoms with E-state index in [-0.39, 0.29) is 0 Å². The first-order valence-electron chi connectivity index (χ1n) is 22.9. The van der Waals surface area contributed by atoms with Gasteiger partial charge in [-0.1, -0.05) is 0 Å². The highest BCUT2D eigenvalue weighted by atomic mass is 16.5. The number of hydrogen-bond donors (Lipinski definition) is 0. The Labute approximate surface area is 418 Å². The Bertz CT molecular complexity index is 2820. The molecule has 4 heterocycles. The first kappa shape index (κ1) is 50.4. The van der Waals surface area contributed by atoms with Crippen LogP contribution in [0.15, 0.2) is 73.3 Å². The second-order valence-corrected chi connectivity index (χ2v) is 16.4. The predicted octanol–water partition coefficient (Wildman–Crippen LogP) is 8.69. The van der Waals surface area contributed by atoms with E-state index >= 15 is 0 Å². The molecule has 0 fully saturated rings. The summed E-state index contributed by atoms with van der Waals surface area (Å²) in [7, 11) is 19.2. The summed E-state index contributed by atoms with van der Waals surface area (Å²) < 4.78 is 70.2. The van der Waals surface area contributed by atoms with Gasteiger partial charge in [-0.3, -0.25) is 29.7 Å². The summed E-state index contributed by atoms with van der Waals surface area (Å²) in [4.78, 5) is 24.6. The zero-order chi connectivity index (χ0) is 51.1. The zero-order valence-electron chi connectivity index (χ0n) is 42.8. The summed E-state index contributed by atoms with van der Waals surface area (Å²) in [6, 6.07) is 15.4. The molecular weight excluding hydrogens is 925 g/mol. The Balaban J connectivity index is 1.29. The maximum Gasteiger partial charge on any atom is 0.203 e. The molecule has 0 bridgehead atoms. The second kappa shape index (κ2) is 22.4. The smallest absolute Gasteiger partial charge is 0.203 e. The van der Waals surface area contributed by atoms with Gasteiger partial charge in [-0.15, -0.1) is 0 Å². The normalized spacial score (nSPS) is 11.4. The highest BCUT2D eigenvalue weighted by molar-refractivity contribution is 5.97. The molecule has 18 heteroatoms. The number of methoxy groups -OCH3 is 12. The van der Waals surface area contributed by atoms with Crippen LogP contribution in [0.1, 0.15) is 22.8 Å². The number of nitrogens with zero attached hydrogens (tertiary/aromatic N) is 6. The molecule has 72 heavy (non-hydrogen) atoms. The van der Waals surface area contributed by atoms with Crippen LogP contribution in [0, 0.1) is 0 Å². The summed E-state index contributed by atoms with van der Waals surface area (Å²) in [6.45, 7) is 2.53. The summed E-state index contributed by atoms with van der Waals surface area (Å²) in [5.41, 5.74) is 3.12. The van der Waals surface area contributed by atoms with Crippen LogP contribution in [0.2, 0.25) is 0 Å². The molecule has 0 aliphatic heterocycles. The maximum atomic E-state index is 5.94. The molecule has 4 aromatic heterocycles. The number of ether oxygens (including phenoxy) is 12.